The van der Waals surface area contributed by atoms with E-state index in [9.17, 15) is 0 Å². The van der Waals surface area contributed by atoms with Crippen LogP contribution >= 0.6 is 0 Å². The second-order valence-corrected chi connectivity index (χ2v) is 4.62. The first-order valence-electron chi connectivity index (χ1n) is 5.95. The van der Waals surface area contributed by atoms with Crippen molar-refractivity contribution >= 4 is 10.8 Å². The van der Waals surface area contributed by atoms with Crippen molar-refractivity contribution in [2.75, 3.05) is 7.11 Å². The average Bonchev–Trinajstić information content (AvgIpc) is 2.36. The second kappa shape index (κ2) is 4.76. The molecule has 0 fully saturated rings. The van der Waals surface area contributed by atoms with Crippen LogP contribution < -0.4 is 10.5 Å². The van der Waals surface area contributed by atoms with E-state index >= 15 is 0 Å². The largest absolute Gasteiger partial charge is 0.497 e. The molecule has 2 rings (SSSR count). The molecule has 0 spiro atoms. The topological polar surface area (TPSA) is 35.2 Å². The zero-order valence-electron chi connectivity index (χ0n) is 10.6. The fraction of sp³-hybridized carbons (Fsp3) is 0.333. The lowest BCUT2D eigenvalue weighted by atomic mass is 9.93. The van der Waals surface area contributed by atoms with Crippen LogP contribution in [0.25, 0.3) is 10.8 Å². The Morgan fingerprint density at radius 3 is 2.29 bits per heavy atom. The highest BCUT2D eigenvalue weighted by Gasteiger charge is 2.10. The molecule has 2 heteroatoms. The summed E-state index contributed by atoms with van der Waals surface area (Å²) in [6.07, 6.45) is 0. The number of nitrogens with two attached hydrogens (primary N) is 1. The Morgan fingerprint density at radius 1 is 1.00 bits per heavy atom. The van der Waals surface area contributed by atoms with E-state index in [1.54, 1.807) is 7.11 Å². The minimum Gasteiger partial charge on any atom is -0.497 e. The Bertz CT molecular complexity index is 519. The number of ether oxygens (including phenoxy) is 1. The summed E-state index contributed by atoms with van der Waals surface area (Å²) in [6.45, 7) is 4.21. The third kappa shape index (κ3) is 2.42. The summed E-state index contributed by atoms with van der Waals surface area (Å²) >= 11 is 0. The summed E-state index contributed by atoms with van der Waals surface area (Å²) in [5.41, 5.74) is 7.23. The summed E-state index contributed by atoms with van der Waals surface area (Å²) in [7, 11) is 1.69. The Hall–Kier alpha value is -1.54. The highest BCUT2D eigenvalue weighted by atomic mass is 16.5. The number of methoxy groups -OCH3 is 1. The van der Waals surface area contributed by atoms with Crippen LogP contribution in [0.5, 0.6) is 5.75 Å². The van der Waals surface area contributed by atoms with Gasteiger partial charge in [0.2, 0.25) is 0 Å². The molecule has 0 saturated heterocycles. The van der Waals surface area contributed by atoms with Gasteiger partial charge in [-0.05, 0) is 41.3 Å². The maximum atomic E-state index is 5.94. The number of benzene rings is 2. The molecule has 0 bridgehead atoms. The van der Waals surface area contributed by atoms with Gasteiger partial charge in [0.05, 0.1) is 7.11 Å². The zero-order chi connectivity index (χ0) is 12.4. The van der Waals surface area contributed by atoms with Crippen LogP contribution in [0.1, 0.15) is 25.3 Å². The van der Waals surface area contributed by atoms with E-state index in [-0.39, 0.29) is 6.04 Å². The molecule has 0 aliphatic heterocycles. The van der Waals surface area contributed by atoms with Crippen molar-refractivity contribution in [2.24, 2.45) is 5.73 Å². The summed E-state index contributed by atoms with van der Waals surface area (Å²) in [6, 6.07) is 12.8. The van der Waals surface area contributed by atoms with Gasteiger partial charge >= 0.3 is 0 Å². The van der Waals surface area contributed by atoms with Gasteiger partial charge in [0.15, 0.2) is 0 Å². The quantitative estimate of drug-likeness (QED) is 0.876. The average molecular weight is 229 g/mol. The molecule has 0 heterocycles. The Kier molecular flexibility index (Phi) is 3.34. The van der Waals surface area contributed by atoms with E-state index in [4.69, 9.17) is 10.5 Å². The van der Waals surface area contributed by atoms with Gasteiger partial charge in [0.25, 0.3) is 0 Å². The molecule has 0 aliphatic carbocycles. The van der Waals surface area contributed by atoms with E-state index < -0.39 is 0 Å². The summed E-state index contributed by atoms with van der Waals surface area (Å²) < 4.78 is 5.22. The van der Waals surface area contributed by atoms with Crippen LogP contribution in [0.4, 0.5) is 0 Å². The third-order valence-electron chi connectivity index (χ3n) is 3.39. The number of rotatable bonds is 3. The molecule has 2 unspecified atom stereocenters. The van der Waals surface area contributed by atoms with Gasteiger partial charge in [0, 0.05) is 6.04 Å². The van der Waals surface area contributed by atoms with Crippen molar-refractivity contribution in [1.29, 1.82) is 0 Å². The molecule has 0 amide bonds. The fourth-order valence-electron chi connectivity index (χ4n) is 1.96. The Labute approximate surface area is 102 Å². The van der Waals surface area contributed by atoms with Gasteiger partial charge in [-0.2, -0.15) is 0 Å². The van der Waals surface area contributed by atoms with Crippen molar-refractivity contribution < 1.29 is 4.74 Å². The van der Waals surface area contributed by atoms with Crippen molar-refractivity contribution in [1.82, 2.24) is 0 Å². The van der Waals surface area contributed by atoms with Crippen LogP contribution in [0.2, 0.25) is 0 Å². The lowest BCUT2D eigenvalue weighted by Crippen LogP contribution is -2.22. The molecule has 2 atom stereocenters. The van der Waals surface area contributed by atoms with Crippen LogP contribution in [0.3, 0.4) is 0 Å². The maximum Gasteiger partial charge on any atom is 0.119 e. The zero-order valence-corrected chi connectivity index (χ0v) is 10.6. The van der Waals surface area contributed by atoms with Crippen LogP contribution in [0.15, 0.2) is 36.4 Å². The first-order chi connectivity index (χ1) is 8.11. The minimum atomic E-state index is 0.172. The molecule has 2 nitrogen and oxygen atoms in total. The van der Waals surface area contributed by atoms with Gasteiger partial charge in [-0.15, -0.1) is 0 Å². The lowest BCUT2D eigenvalue weighted by molar-refractivity contribution is 0.415. The van der Waals surface area contributed by atoms with Crippen molar-refractivity contribution in [2.45, 2.75) is 25.8 Å². The molecule has 0 saturated carbocycles. The van der Waals surface area contributed by atoms with Crippen LogP contribution in [0, 0.1) is 0 Å². The van der Waals surface area contributed by atoms with Crippen molar-refractivity contribution in [3.8, 4) is 5.75 Å². The molecule has 0 aromatic heterocycles. The highest BCUT2D eigenvalue weighted by Crippen LogP contribution is 2.25. The highest BCUT2D eigenvalue weighted by molar-refractivity contribution is 5.84. The molecule has 2 N–H and O–H groups in total. The lowest BCUT2D eigenvalue weighted by Gasteiger charge is -2.16. The SMILES string of the molecule is COc1ccc2cc(C(C)C(C)N)ccc2c1. The molecule has 0 aliphatic rings. The van der Waals surface area contributed by atoms with E-state index in [1.165, 1.54) is 16.3 Å². The van der Waals surface area contributed by atoms with E-state index in [1.807, 2.05) is 13.0 Å². The molecule has 0 radical (unpaired) electrons. The molecule has 17 heavy (non-hydrogen) atoms. The molecule has 2 aromatic rings. The van der Waals surface area contributed by atoms with Gasteiger partial charge in [-0.3, -0.25) is 0 Å². The smallest absolute Gasteiger partial charge is 0.119 e. The fourth-order valence-corrected chi connectivity index (χ4v) is 1.96. The van der Waals surface area contributed by atoms with Gasteiger partial charge in [0.1, 0.15) is 5.75 Å². The molecular formula is C15H19NO. The van der Waals surface area contributed by atoms with Gasteiger partial charge in [-0.1, -0.05) is 31.2 Å². The molecule has 90 valence electrons. The minimum absolute atomic E-state index is 0.172. The summed E-state index contributed by atoms with van der Waals surface area (Å²) in [5.74, 6) is 1.27. The number of fused-ring (bicyclic) bond motifs is 1. The van der Waals surface area contributed by atoms with Gasteiger partial charge < -0.3 is 10.5 Å². The predicted octanol–water partition coefficient (Wildman–Crippen LogP) is 3.30. The van der Waals surface area contributed by atoms with Crippen LogP contribution in [-0.4, -0.2) is 13.2 Å². The van der Waals surface area contributed by atoms with Crippen molar-refractivity contribution in [3.63, 3.8) is 0 Å². The number of hydrogen-bond acceptors (Lipinski definition) is 2. The van der Waals surface area contributed by atoms with Crippen molar-refractivity contribution in [3.05, 3.63) is 42.0 Å². The van der Waals surface area contributed by atoms with E-state index in [0.29, 0.717) is 5.92 Å². The Balaban J connectivity index is 2.44. The molecular weight excluding hydrogens is 210 g/mol. The monoisotopic (exact) mass is 229 g/mol. The van der Waals surface area contributed by atoms with Crippen LogP contribution in [-0.2, 0) is 0 Å². The van der Waals surface area contributed by atoms with E-state index in [0.717, 1.165) is 5.75 Å². The Morgan fingerprint density at radius 2 is 1.65 bits per heavy atom. The standard InChI is InChI=1S/C15H19NO/c1-10(11(2)16)12-4-5-14-9-15(17-3)7-6-13(14)8-12/h4-11H,16H2,1-3H3. The third-order valence-corrected chi connectivity index (χ3v) is 3.39. The first-order valence-corrected chi connectivity index (χ1v) is 5.95. The maximum absolute atomic E-state index is 5.94. The first kappa shape index (κ1) is 11.9. The second-order valence-electron chi connectivity index (χ2n) is 4.62. The number of hydrogen-bond donors (Lipinski definition) is 1. The molecule has 2 aromatic carbocycles. The normalized spacial score (nSPS) is 14.6. The summed E-state index contributed by atoms with van der Waals surface area (Å²) in [4.78, 5) is 0. The summed E-state index contributed by atoms with van der Waals surface area (Å²) in [5, 5.41) is 2.43. The van der Waals surface area contributed by atoms with Gasteiger partial charge in [-0.25, -0.2) is 0 Å². The predicted molar refractivity (Wildman–Crippen MR) is 72.6 cm³/mol. The van der Waals surface area contributed by atoms with E-state index in [2.05, 4.69) is 37.3 Å².